The number of anilines is 1. The van der Waals surface area contributed by atoms with E-state index in [1.807, 2.05) is 6.07 Å². The van der Waals surface area contributed by atoms with Gasteiger partial charge in [0.25, 0.3) is 0 Å². The minimum Gasteiger partial charge on any atom is -0.358 e. The van der Waals surface area contributed by atoms with Crippen LogP contribution in [0.1, 0.15) is 25.7 Å². The molecule has 132 valence electrons. The number of piperidine rings is 1. The molecule has 1 N–H and O–H groups in total. The van der Waals surface area contributed by atoms with Gasteiger partial charge in [-0.1, -0.05) is 0 Å². The van der Waals surface area contributed by atoms with Crippen LogP contribution in [0.4, 0.5) is 5.95 Å². The van der Waals surface area contributed by atoms with E-state index in [0.29, 0.717) is 24.7 Å². The van der Waals surface area contributed by atoms with Crippen LogP contribution in [0.3, 0.4) is 0 Å². The first kappa shape index (κ1) is 16.2. The molecule has 8 heteroatoms. The van der Waals surface area contributed by atoms with Crippen LogP contribution in [-0.2, 0) is 9.53 Å². The van der Waals surface area contributed by atoms with Gasteiger partial charge in [0.2, 0.25) is 11.9 Å². The van der Waals surface area contributed by atoms with E-state index >= 15 is 0 Å². The first-order chi connectivity index (χ1) is 12.3. The summed E-state index contributed by atoms with van der Waals surface area (Å²) in [6.45, 7) is 0.781. The minimum atomic E-state index is -0.456. The standard InChI is InChI=1S/C17H22N6O2/c18-8-15-10-25-11-22(15)16(24)9-21-12-6-13-2-3-14(7-12)23(13)17-19-4-1-5-20-17/h1,4-5,12-15,21H,2-3,6-7,9-11H2/t12?,13?,14?,15-/m0/s1. The monoisotopic (exact) mass is 342 g/mol. The van der Waals surface area contributed by atoms with Gasteiger partial charge in [0.1, 0.15) is 12.8 Å². The first-order valence-corrected chi connectivity index (χ1v) is 8.82. The van der Waals surface area contributed by atoms with E-state index in [0.717, 1.165) is 31.6 Å². The Hall–Kier alpha value is -2.24. The summed E-state index contributed by atoms with van der Waals surface area (Å²) in [5, 5.41) is 12.4. The van der Waals surface area contributed by atoms with Crippen LogP contribution in [0.15, 0.2) is 18.5 Å². The number of rotatable bonds is 4. The Morgan fingerprint density at radius 2 is 2.04 bits per heavy atom. The molecule has 1 aromatic heterocycles. The van der Waals surface area contributed by atoms with Crippen molar-refractivity contribution >= 4 is 11.9 Å². The normalized spacial score (nSPS) is 31.2. The Balaban J connectivity index is 1.33. The number of carbonyl (C=O) groups is 1. The number of hydrogen-bond donors (Lipinski definition) is 1. The van der Waals surface area contributed by atoms with Gasteiger partial charge < -0.3 is 15.0 Å². The lowest BCUT2D eigenvalue weighted by molar-refractivity contribution is -0.131. The van der Waals surface area contributed by atoms with Gasteiger partial charge in [-0.3, -0.25) is 9.69 Å². The quantitative estimate of drug-likeness (QED) is 0.839. The van der Waals surface area contributed by atoms with Gasteiger partial charge in [-0.05, 0) is 31.7 Å². The third kappa shape index (κ3) is 3.17. The van der Waals surface area contributed by atoms with Gasteiger partial charge in [-0.2, -0.15) is 5.26 Å². The number of nitrogens with zero attached hydrogens (tertiary/aromatic N) is 5. The Bertz CT molecular complexity index is 649. The highest BCUT2D eigenvalue weighted by Crippen LogP contribution is 2.37. The summed E-state index contributed by atoms with van der Waals surface area (Å²) in [6.07, 6.45) is 7.83. The lowest BCUT2D eigenvalue weighted by Crippen LogP contribution is -2.52. The summed E-state index contributed by atoms with van der Waals surface area (Å²) >= 11 is 0. The summed E-state index contributed by atoms with van der Waals surface area (Å²) in [5.74, 6) is 0.751. The molecule has 3 fully saturated rings. The number of amides is 1. The zero-order valence-corrected chi connectivity index (χ0v) is 14.0. The number of aromatic nitrogens is 2. The fraction of sp³-hybridized carbons (Fsp3) is 0.647. The lowest BCUT2D eigenvalue weighted by atomic mass is 9.97. The van der Waals surface area contributed by atoms with Crippen molar-refractivity contribution in [1.82, 2.24) is 20.2 Å². The SMILES string of the molecule is N#C[C@H]1COCN1C(=O)CNC1CC2CCC(C1)N2c1ncccn1. The maximum absolute atomic E-state index is 12.3. The molecule has 8 nitrogen and oxygen atoms in total. The molecule has 3 atom stereocenters. The second kappa shape index (κ2) is 6.94. The third-order valence-electron chi connectivity index (χ3n) is 5.41. The molecule has 0 radical (unpaired) electrons. The predicted octanol–water partition coefficient (Wildman–Crippen LogP) is 0.274. The Labute approximate surface area is 146 Å². The van der Waals surface area contributed by atoms with E-state index in [4.69, 9.17) is 10.00 Å². The van der Waals surface area contributed by atoms with Crippen molar-refractivity contribution in [2.45, 2.75) is 49.9 Å². The molecule has 3 aliphatic rings. The molecule has 0 spiro atoms. The smallest absolute Gasteiger partial charge is 0.239 e. The van der Waals surface area contributed by atoms with E-state index in [2.05, 4.69) is 26.3 Å². The van der Waals surface area contributed by atoms with Crippen LogP contribution in [-0.4, -0.2) is 64.8 Å². The largest absolute Gasteiger partial charge is 0.358 e. The van der Waals surface area contributed by atoms with Crippen molar-refractivity contribution in [3.8, 4) is 6.07 Å². The van der Waals surface area contributed by atoms with Gasteiger partial charge in [0.05, 0.1) is 19.2 Å². The zero-order chi connectivity index (χ0) is 17.2. The summed E-state index contributed by atoms with van der Waals surface area (Å²) in [7, 11) is 0. The molecule has 4 rings (SSSR count). The highest BCUT2D eigenvalue weighted by molar-refractivity contribution is 5.79. The molecule has 4 heterocycles. The molecule has 1 amide bonds. The number of nitriles is 1. The van der Waals surface area contributed by atoms with Gasteiger partial charge >= 0.3 is 0 Å². The molecular weight excluding hydrogens is 320 g/mol. The van der Waals surface area contributed by atoms with Crippen molar-refractivity contribution in [3.05, 3.63) is 18.5 Å². The molecule has 1 aromatic rings. The second-order valence-electron chi connectivity index (χ2n) is 6.90. The number of nitrogens with one attached hydrogen (secondary N) is 1. The third-order valence-corrected chi connectivity index (χ3v) is 5.41. The molecule has 3 aliphatic heterocycles. The van der Waals surface area contributed by atoms with E-state index in [1.54, 1.807) is 12.4 Å². The fourth-order valence-corrected chi connectivity index (χ4v) is 4.22. The molecule has 25 heavy (non-hydrogen) atoms. The fourth-order valence-electron chi connectivity index (χ4n) is 4.22. The van der Waals surface area contributed by atoms with Crippen molar-refractivity contribution in [1.29, 1.82) is 5.26 Å². The molecular formula is C17H22N6O2. The van der Waals surface area contributed by atoms with Crippen LogP contribution in [0.5, 0.6) is 0 Å². The Kier molecular flexibility index (Phi) is 4.51. The maximum atomic E-state index is 12.3. The summed E-state index contributed by atoms with van der Waals surface area (Å²) in [6, 6.07) is 4.66. The van der Waals surface area contributed by atoms with Crippen molar-refractivity contribution in [2.24, 2.45) is 0 Å². The van der Waals surface area contributed by atoms with E-state index < -0.39 is 6.04 Å². The second-order valence-corrected chi connectivity index (χ2v) is 6.90. The lowest BCUT2D eigenvalue weighted by Gasteiger charge is -2.39. The van der Waals surface area contributed by atoms with Crippen molar-refractivity contribution in [2.75, 3.05) is 24.8 Å². The highest BCUT2D eigenvalue weighted by atomic mass is 16.5. The Morgan fingerprint density at radius 1 is 1.32 bits per heavy atom. The van der Waals surface area contributed by atoms with E-state index in [1.165, 1.54) is 4.90 Å². The molecule has 0 saturated carbocycles. The highest BCUT2D eigenvalue weighted by Gasteiger charge is 2.42. The average Bonchev–Trinajstić information content (AvgIpc) is 3.23. The number of hydrogen-bond acceptors (Lipinski definition) is 7. The molecule has 0 aromatic carbocycles. The first-order valence-electron chi connectivity index (χ1n) is 8.82. The summed E-state index contributed by atoms with van der Waals surface area (Å²) in [5.41, 5.74) is 0. The summed E-state index contributed by atoms with van der Waals surface area (Å²) in [4.78, 5) is 25.0. The number of carbonyl (C=O) groups excluding carboxylic acids is 1. The molecule has 0 aliphatic carbocycles. The average molecular weight is 342 g/mol. The van der Waals surface area contributed by atoms with Crippen LogP contribution >= 0.6 is 0 Å². The van der Waals surface area contributed by atoms with Crippen LogP contribution in [0, 0.1) is 11.3 Å². The van der Waals surface area contributed by atoms with Gasteiger partial charge in [-0.25, -0.2) is 9.97 Å². The number of fused-ring (bicyclic) bond motifs is 2. The Morgan fingerprint density at radius 3 is 2.72 bits per heavy atom. The van der Waals surface area contributed by atoms with Crippen molar-refractivity contribution < 1.29 is 9.53 Å². The summed E-state index contributed by atoms with van der Waals surface area (Å²) < 4.78 is 5.21. The molecule has 2 unspecified atom stereocenters. The zero-order valence-electron chi connectivity index (χ0n) is 14.0. The molecule has 2 bridgehead atoms. The van der Waals surface area contributed by atoms with E-state index in [-0.39, 0.29) is 19.2 Å². The maximum Gasteiger partial charge on any atom is 0.239 e. The van der Waals surface area contributed by atoms with Gasteiger partial charge in [0, 0.05) is 30.5 Å². The van der Waals surface area contributed by atoms with Crippen LogP contribution < -0.4 is 10.2 Å². The van der Waals surface area contributed by atoms with Gasteiger partial charge in [-0.15, -0.1) is 0 Å². The van der Waals surface area contributed by atoms with Crippen LogP contribution in [0.2, 0.25) is 0 Å². The topological polar surface area (TPSA) is 94.4 Å². The predicted molar refractivity (Wildman–Crippen MR) is 89.4 cm³/mol. The van der Waals surface area contributed by atoms with E-state index in [9.17, 15) is 4.79 Å². The molecule has 3 saturated heterocycles. The van der Waals surface area contributed by atoms with Crippen LogP contribution in [0.25, 0.3) is 0 Å². The van der Waals surface area contributed by atoms with Crippen molar-refractivity contribution in [3.63, 3.8) is 0 Å². The van der Waals surface area contributed by atoms with Gasteiger partial charge in [0.15, 0.2) is 0 Å². The minimum absolute atomic E-state index is 0.0646. The number of ether oxygens (including phenoxy) is 1.